The van der Waals surface area contributed by atoms with Crippen LogP contribution in [-0.2, 0) is 4.79 Å². The molecule has 0 aliphatic heterocycles. The number of benzene rings is 1. The standard InChI is InChI=1S/C12H10N4O3S/c1-7-6-9(3-2-8(7)4-5-10(17)18)11(19)13-12-14-15-16-20-12/h2-6H,1H3,(H,17,18)(H,13,14,16,19)/b5-4+. The number of aliphatic carboxylic acids is 1. The first-order valence-corrected chi connectivity index (χ1v) is 6.31. The number of aryl methyl sites for hydroxylation is 1. The molecule has 0 unspecified atom stereocenters. The molecule has 0 radical (unpaired) electrons. The Labute approximate surface area is 118 Å². The molecule has 1 aromatic heterocycles. The molecule has 0 bridgehead atoms. The van der Waals surface area contributed by atoms with Crippen molar-refractivity contribution in [2.45, 2.75) is 6.92 Å². The van der Waals surface area contributed by atoms with Gasteiger partial charge in [-0.3, -0.25) is 10.1 Å². The van der Waals surface area contributed by atoms with E-state index in [0.717, 1.165) is 28.7 Å². The fourth-order valence-corrected chi connectivity index (χ4v) is 1.88. The highest BCUT2D eigenvalue weighted by Crippen LogP contribution is 2.15. The van der Waals surface area contributed by atoms with Crippen LogP contribution in [0.2, 0.25) is 0 Å². The van der Waals surface area contributed by atoms with E-state index in [2.05, 4.69) is 20.1 Å². The first-order valence-electron chi connectivity index (χ1n) is 5.54. The number of carbonyl (C=O) groups excluding carboxylic acids is 1. The van der Waals surface area contributed by atoms with Crippen LogP contribution in [0.3, 0.4) is 0 Å². The SMILES string of the molecule is Cc1cc(C(=O)Nc2nnns2)ccc1/C=C/C(=O)O. The van der Waals surface area contributed by atoms with E-state index < -0.39 is 5.97 Å². The maximum Gasteiger partial charge on any atom is 0.328 e. The van der Waals surface area contributed by atoms with Crippen molar-refractivity contribution < 1.29 is 14.7 Å². The lowest BCUT2D eigenvalue weighted by Gasteiger charge is -2.04. The number of carboxylic acid groups (broad SMARTS) is 1. The van der Waals surface area contributed by atoms with Crippen molar-refractivity contribution in [2.24, 2.45) is 0 Å². The predicted octanol–water partition coefficient (Wildman–Crippen LogP) is 1.59. The van der Waals surface area contributed by atoms with Gasteiger partial charge in [-0.15, -0.1) is 0 Å². The fraction of sp³-hybridized carbons (Fsp3) is 0.0833. The van der Waals surface area contributed by atoms with Crippen LogP contribution in [0.1, 0.15) is 21.5 Å². The third kappa shape index (κ3) is 3.45. The second kappa shape index (κ2) is 6.02. The molecule has 0 saturated carbocycles. The molecule has 20 heavy (non-hydrogen) atoms. The minimum Gasteiger partial charge on any atom is -0.478 e. The molecule has 102 valence electrons. The van der Waals surface area contributed by atoms with Crippen LogP contribution >= 0.6 is 11.5 Å². The van der Waals surface area contributed by atoms with Gasteiger partial charge in [0, 0.05) is 23.2 Å². The third-order valence-corrected chi connectivity index (χ3v) is 2.97. The van der Waals surface area contributed by atoms with Gasteiger partial charge < -0.3 is 5.11 Å². The molecule has 0 fully saturated rings. The first kappa shape index (κ1) is 13.8. The Morgan fingerprint density at radius 3 is 2.80 bits per heavy atom. The van der Waals surface area contributed by atoms with Gasteiger partial charge in [0.25, 0.3) is 5.91 Å². The van der Waals surface area contributed by atoms with Gasteiger partial charge in [0.2, 0.25) is 5.13 Å². The van der Waals surface area contributed by atoms with Gasteiger partial charge >= 0.3 is 5.97 Å². The predicted molar refractivity (Wildman–Crippen MR) is 73.5 cm³/mol. The molecule has 1 aromatic carbocycles. The lowest BCUT2D eigenvalue weighted by Crippen LogP contribution is -2.12. The van der Waals surface area contributed by atoms with Crippen molar-refractivity contribution >= 4 is 34.6 Å². The zero-order valence-electron chi connectivity index (χ0n) is 10.4. The average Bonchev–Trinajstić information content (AvgIpc) is 2.89. The summed E-state index contributed by atoms with van der Waals surface area (Å²) in [7, 11) is 0. The Bertz CT molecular complexity index is 667. The molecule has 1 amide bonds. The summed E-state index contributed by atoms with van der Waals surface area (Å²) < 4.78 is 3.54. The summed E-state index contributed by atoms with van der Waals surface area (Å²) in [6.07, 6.45) is 2.53. The van der Waals surface area contributed by atoms with Crippen LogP contribution in [0.25, 0.3) is 6.08 Å². The minimum atomic E-state index is -1.02. The smallest absolute Gasteiger partial charge is 0.328 e. The molecule has 2 aromatic rings. The molecule has 0 atom stereocenters. The van der Waals surface area contributed by atoms with Crippen LogP contribution in [0, 0.1) is 6.92 Å². The number of hydrogen-bond donors (Lipinski definition) is 2. The number of rotatable bonds is 4. The van der Waals surface area contributed by atoms with Crippen LogP contribution in [-0.4, -0.2) is 31.8 Å². The normalized spacial score (nSPS) is 10.7. The molecule has 0 saturated heterocycles. The summed E-state index contributed by atoms with van der Waals surface area (Å²) in [5.74, 6) is -1.34. The first-order chi connectivity index (χ1) is 9.56. The Hall–Kier alpha value is -2.61. The molecule has 0 spiro atoms. The maximum absolute atomic E-state index is 11.9. The number of amides is 1. The zero-order chi connectivity index (χ0) is 14.5. The summed E-state index contributed by atoms with van der Waals surface area (Å²) in [5, 5.41) is 18.5. The summed E-state index contributed by atoms with van der Waals surface area (Å²) in [5.41, 5.74) is 1.98. The number of carbonyl (C=O) groups is 2. The summed E-state index contributed by atoms with van der Waals surface area (Å²) >= 11 is 0.984. The Morgan fingerprint density at radius 1 is 1.40 bits per heavy atom. The lowest BCUT2D eigenvalue weighted by molar-refractivity contribution is -0.131. The van der Waals surface area contributed by atoms with Crippen molar-refractivity contribution in [2.75, 3.05) is 5.32 Å². The topological polar surface area (TPSA) is 105 Å². The quantitative estimate of drug-likeness (QED) is 0.828. The molecule has 1 heterocycles. The van der Waals surface area contributed by atoms with E-state index in [9.17, 15) is 9.59 Å². The van der Waals surface area contributed by atoms with Crippen LogP contribution in [0.4, 0.5) is 5.13 Å². The lowest BCUT2D eigenvalue weighted by atomic mass is 10.0. The molecule has 2 rings (SSSR count). The van der Waals surface area contributed by atoms with Gasteiger partial charge in [-0.2, -0.15) is 0 Å². The Morgan fingerprint density at radius 2 is 2.20 bits per heavy atom. The van der Waals surface area contributed by atoms with Crippen molar-refractivity contribution in [3.8, 4) is 0 Å². The third-order valence-electron chi connectivity index (χ3n) is 2.46. The number of aromatic nitrogens is 3. The molecule has 2 N–H and O–H groups in total. The second-order valence-electron chi connectivity index (χ2n) is 3.86. The van der Waals surface area contributed by atoms with Crippen molar-refractivity contribution in [3.63, 3.8) is 0 Å². The van der Waals surface area contributed by atoms with Gasteiger partial charge in [0.15, 0.2) is 0 Å². The van der Waals surface area contributed by atoms with E-state index in [1.165, 1.54) is 6.08 Å². The molecular weight excluding hydrogens is 280 g/mol. The van der Waals surface area contributed by atoms with E-state index in [4.69, 9.17) is 5.11 Å². The van der Waals surface area contributed by atoms with E-state index in [1.807, 2.05) is 0 Å². The largest absolute Gasteiger partial charge is 0.478 e. The number of anilines is 1. The number of nitrogens with zero attached hydrogens (tertiary/aromatic N) is 3. The number of hydrogen-bond acceptors (Lipinski definition) is 6. The molecule has 8 heteroatoms. The maximum atomic E-state index is 11.9. The highest BCUT2D eigenvalue weighted by atomic mass is 32.1. The second-order valence-corrected chi connectivity index (χ2v) is 4.60. The number of nitrogens with one attached hydrogen (secondary N) is 1. The van der Waals surface area contributed by atoms with Crippen molar-refractivity contribution in [1.82, 2.24) is 14.8 Å². The number of carboxylic acids is 1. The van der Waals surface area contributed by atoms with Gasteiger partial charge in [0.05, 0.1) is 0 Å². The highest BCUT2D eigenvalue weighted by Gasteiger charge is 2.09. The zero-order valence-corrected chi connectivity index (χ0v) is 11.2. The molecular formula is C12H10N4O3S. The summed E-state index contributed by atoms with van der Waals surface area (Å²) in [6, 6.07) is 4.96. The van der Waals surface area contributed by atoms with E-state index in [1.54, 1.807) is 25.1 Å². The van der Waals surface area contributed by atoms with Gasteiger partial charge in [-0.05, 0) is 41.5 Å². The minimum absolute atomic E-state index is 0.319. The average molecular weight is 290 g/mol. The van der Waals surface area contributed by atoms with Crippen LogP contribution in [0.5, 0.6) is 0 Å². The van der Waals surface area contributed by atoms with Crippen LogP contribution in [0.15, 0.2) is 24.3 Å². The fourth-order valence-electron chi connectivity index (χ4n) is 1.52. The monoisotopic (exact) mass is 290 g/mol. The van der Waals surface area contributed by atoms with Gasteiger partial charge in [0.1, 0.15) is 0 Å². The van der Waals surface area contributed by atoms with Crippen molar-refractivity contribution in [1.29, 1.82) is 0 Å². The molecule has 0 aliphatic rings. The summed E-state index contributed by atoms with van der Waals surface area (Å²) in [4.78, 5) is 22.4. The highest BCUT2D eigenvalue weighted by molar-refractivity contribution is 7.09. The molecule has 0 aliphatic carbocycles. The Balaban J connectivity index is 2.16. The summed E-state index contributed by atoms with van der Waals surface area (Å²) in [6.45, 7) is 1.80. The Kier molecular flexibility index (Phi) is 4.16. The van der Waals surface area contributed by atoms with E-state index >= 15 is 0 Å². The van der Waals surface area contributed by atoms with E-state index in [0.29, 0.717) is 10.7 Å². The van der Waals surface area contributed by atoms with Crippen molar-refractivity contribution in [3.05, 3.63) is 41.0 Å². The van der Waals surface area contributed by atoms with Crippen LogP contribution < -0.4 is 5.32 Å². The van der Waals surface area contributed by atoms with Gasteiger partial charge in [-0.25, -0.2) is 4.79 Å². The molecule has 7 nitrogen and oxygen atoms in total. The van der Waals surface area contributed by atoms with Gasteiger partial charge in [-0.1, -0.05) is 15.7 Å². The van der Waals surface area contributed by atoms with E-state index in [-0.39, 0.29) is 5.91 Å².